The fraction of sp³-hybridized carbons (Fsp3) is 0.0833. The van der Waals surface area contributed by atoms with Crippen LogP contribution in [0.25, 0.3) is 0 Å². The monoisotopic (exact) mass is 226 g/mol. The van der Waals surface area contributed by atoms with E-state index in [9.17, 15) is 0 Å². The third-order valence-electron chi connectivity index (χ3n) is 1.91. The van der Waals surface area contributed by atoms with Crippen molar-refractivity contribution in [2.45, 2.75) is 6.92 Å². The van der Waals surface area contributed by atoms with Gasteiger partial charge >= 0.3 is 0 Å². The number of benzene rings is 1. The van der Waals surface area contributed by atoms with Gasteiger partial charge in [-0.1, -0.05) is 0 Å². The van der Waals surface area contributed by atoms with E-state index in [2.05, 4.69) is 0 Å². The predicted octanol–water partition coefficient (Wildman–Crippen LogP) is 1.65. The van der Waals surface area contributed by atoms with E-state index in [-0.39, 0.29) is 5.76 Å². The van der Waals surface area contributed by atoms with Crippen molar-refractivity contribution in [1.82, 2.24) is 0 Å². The highest BCUT2D eigenvalue weighted by atomic mass is 16.5. The second-order valence-corrected chi connectivity index (χ2v) is 3.26. The van der Waals surface area contributed by atoms with E-state index in [0.29, 0.717) is 22.6 Å². The van der Waals surface area contributed by atoms with E-state index < -0.39 is 0 Å². The number of nitrogens with one attached hydrogen (secondary N) is 1. The van der Waals surface area contributed by atoms with Crippen LogP contribution in [0.15, 0.2) is 29.7 Å². The van der Waals surface area contributed by atoms with Gasteiger partial charge in [-0.25, -0.2) is 0 Å². The van der Waals surface area contributed by atoms with Gasteiger partial charge in [0.15, 0.2) is 5.76 Å². The summed E-state index contributed by atoms with van der Waals surface area (Å²) in [5, 5.41) is 24.7. The highest BCUT2D eigenvalue weighted by molar-refractivity contribution is 5.74. The Labute approximate surface area is 98.9 Å². The number of hydrogen-bond acceptors (Lipinski definition) is 5. The van der Waals surface area contributed by atoms with Crippen molar-refractivity contribution in [2.24, 2.45) is 5.73 Å². The van der Waals surface area contributed by atoms with Crippen LogP contribution in [0.1, 0.15) is 18.1 Å². The topological polar surface area (TPSA) is 107 Å². The average molecular weight is 226 g/mol. The van der Waals surface area contributed by atoms with Crippen LogP contribution < -0.4 is 10.5 Å². The maximum Gasteiger partial charge on any atom is 0.163 e. The molecular weight excluding hydrogens is 216 g/mol. The summed E-state index contributed by atoms with van der Waals surface area (Å²) in [5.41, 5.74) is 6.49. The fourth-order valence-corrected chi connectivity index (χ4v) is 1.14. The minimum atomic E-state index is 0.184. The Morgan fingerprint density at radius 2 is 1.82 bits per heavy atom. The summed E-state index contributed by atoms with van der Waals surface area (Å²) >= 11 is 0. The standard InChI is InChI=1S/C12H10N4O/c1-8(16)12(7-15)17-11-3-9(5-13)2-10(4-11)6-14/h2-4,7,15H,16H2,1H3/b12-8+,15-7?. The zero-order valence-corrected chi connectivity index (χ0v) is 9.19. The summed E-state index contributed by atoms with van der Waals surface area (Å²) in [4.78, 5) is 0. The number of nitrogens with zero attached hydrogens (tertiary/aromatic N) is 2. The third kappa shape index (κ3) is 3.08. The second kappa shape index (κ2) is 5.34. The molecule has 0 saturated heterocycles. The van der Waals surface area contributed by atoms with Crippen LogP contribution in [0.4, 0.5) is 0 Å². The summed E-state index contributed by atoms with van der Waals surface area (Å²) in [6.45, 7) is 1.60. The van der Waals surface area contributed by atoms with Crippen LogP contribution in [-0.2, 0) is 0 Å². The molecule has 0 aliphatic carbocycles. The van der Waals surface area contributed by atoms with E-state index >= 15 is 0 Å². The molecular formula is C12H10N4O. The number of ether oxygens (including phenoxy) is 1. The Hall–Kier alpha value is -2.79. The second-order valence-electron chi connectivity index (χ2n) is 3.26. The first kappa shape index (κ1) is 12.3. The molecule has 0 heterocycles. The molecule has 1 aromatic carbocycles. The maximum atomic E-state index is 8.79. The van der Waals surface area contributed by atoms with Crippen molar-refractivity contribution >= 4 is 6.21 Å². The first-order valence-electron chi connectivity index (χ1n) is 4.70. The Balaban J connectivity index is 3.17. The first-order chi connectivity index (χ1) is 8.10. The van der Waals surface area contributed by atoms with Crippen molar-refractivity contribution < 1.29 is 4.74 Å². The van der Waals surface area contributed by atoms with Crippen LogP contribution in [0.5, 0.6) is 5.75 Å². The SMILES string of the molecule is C/C(N)=C(/C=N)Oc1cc(C#N)cc(C#N)c1. The van der Waals surface area contributed by atoms with Gasteiger partial charge in [-0.05, 0) is 25.1 Å². The summed E-state index contributed by atoms with van der Waals surface area (Å²) in [7, 11) is 0. The molecule has 0 bridgehead atoms. The molecule has 0 atom stereocenters. The fourth-order valence-electron chi connectivity index (χ4n) is 1.14. The first-order valence-corrected chi connectivity index (χ1v) is 4.70. The van der Waals surface area contributed by atoms with Gasteiger partial charge in [-0.3, -0.25) is 0 Å². The van der Waals surface area contributed by atoms with Gasteiger partial charge in [0.1, 0.15) is 5.75 Å². The molecule has 0 fully saturated rings. The average Bonchev–Trinajstić information content (AvgIpc) is 2.34. The zero-order valence-electron chi connectivity index (χ0n) is 9.19. The van der Waals surface area contributed by atoms with Crippen LogP contribution in [0.3, 0.4) is 0 Å². The van der Waals surface area contributed by atoms with Crippen molar-refractivity contribution in [3.05, 3.63) is 40.8 Å². The molecule has 0 radical (unpaired) electrons. The summed E-state index contributed by atoms with van der Waals surface area (Å²) in [6, 6.07) is 8.27. The van der Waals surface area contributed by atoms with E-state index in [0.717, 1.165) is 6.21 Å². The highest BCUT2D eigenvalue weighted by Crippen LogP contribution is 2.18. The van der Waals surface area contributed by atoms with Crippen LogP contribution >= 0.6 is 0 Å². The summed E-state index contributed by atoms with van der Waals surface area (Å²) < 4.78 is 5.32. The Kier molecular flexibility index (Phi) is 3.86. The van der Waals surface area contributed by atoms with E-state index in [1.54, 1.807) is 6.92 Å². The molecule has 84 valence electrons. The minimum absolute atomic E-state index is 0.184. The van der Waals surface area contributed by atoms with Crippen LogP contribution in [-0.4, -0.2) is 6.21 Å². The quantitative estimate of drug-likeness (QED) is 0.603. The molecule has 0 amide bonds. The van der Waals surface area contributed by atoms with E-state index in [1.807, 2.05) is 12.1 Å². The number of allylic oxidation sites excluding steroid dienone is 2. The Bertz CT molecular complexity index is 525. The summed E-state index contributed by atoms with van der Waals surface area (Å²) in [6.07, 6.45) is 0.973. The molecule has 5 heteroatoms. The van der Waals surface area contributed by atoms with Gasteiger partial charge in [0.2, 0.25) is 0 Å². The molecule has 0 aliphatic rings. The van der Waals surface area contributed by atoms with Gasteiger partial charge in [0.05, 0.1) is 29.5 Å². The molecule has 0 aromatic heterocycles. The van der Waals surface area contributed by atoms with Gasteiger partial charge in [-0.15, -0.1) is 0 Å². The Morgan fingerprint density at radius 3 is 2.18 bits per heavy atom. The predicted molar refractivity (Wildman–Crippen MR) is 62.2 cm³/mol. The van der Waals surface area contributed by atoms with Crippen LogP contribution in [0.2, 0.25) is 0 Å². The molecule has 0 saturated carbocycles. The maximum absolute atomic E-state index is 8.79. The molecule has 5 nitrogen and oxygen atoms in total. The lowest BCUT2D eigenvalue weighted by Crippen LogP contribution is -2.06. The molecule has 3 N–H and O–H groups in total. The molecule has 0 unspecified atom stereocenters. The smallest absolute Gasteiger partial charge is 0.163 e. The van der Waals surface area contributed by atoms with Crippen LogP contribution in [0, 0.1) is 28.1 Å². The lowest BCUT2D eigenvalue weighted by Gasteiger charge is -2.07. The third-order valence-corrected chi connectivity index (χ3v) is 1.91. The highest BCUT2D eigenvalue weighted by Gasteiger charge is 2.05. The van der Waals surface area contributed by atoms with E-state index in [1.165, 1.54) is 18.2 Å². The van der Waals surface area contributed by atoms with Crippen molar-refractivity contribution in [1.29, 1.82) is 15.9 Å². The summed E-state index contributed by atoms with van der Waals surface area (Å²) in [5.74, 6) is 0.493. The van der Waals surface area contributed by atoms with Crippen molar-refractivity contribution in [2.75, 3.05) is 0 Å². The van der Waals surface area contributed by atoms with Gasteiger partial charge in [-0.2, -0.15) is 10.5 Å². The van der Waals surface area contributed by atoms with Gasteiger partial charge in [0.25, 0.3) is 0 Å². The van der Waals surface area contributed by atoms with Crippen molar-refractivity contribution in [3.63, 3.8) is 0 Å². The van der Waals surface area contributed by atoms with Crippen molar-refractivity contribution in [3.8, 4) is 17.9 Å². The molecule has 1 aromatic rings. The number of nitriles is 2. The zero-order chi connectivity index (χ0) is 12.8. The lowest BCUT2D eigenvalue weighted by molar-refractivity contribution is 0.449. The largest absolute Gasteiger partial charge is 0.454 e. The minimum Gasteiger partial charge on any atom is -0.454 e. The molecule has 17 heavy (non-hydrogen) atoms. The number of hydrogen-bond donors (Lipinski definition) is 2. The van der Waals surface area contributed by atoms with Gasteiger partial charge in [0, 0.05) is 5.70 Å². The Morgan fingerprint density at radius 1 is 1.29 bits per heavy atom. The number of nitrogens with two attached hydrogens (primary N) is 1. The van der Waals surface area contributed by atoms with E-state index in [4.69, 9.17) is 26.4 Å². The molecule has 0 aliphatic heterocycles. The number of rotatable bonds is 3. The lowest BCUT2D eigenvalue weighted by atomic mass is 10.1. The normalized spacial score (nSPS) is 10.8. The molecule has 1 rings (SSSR count). The van der Waals surface area contributed by atoms with Gasteiger partial charge < -0.3 is 15.9 Å². The molecule has 0 spiro atoms.